The summed E-state index contributed by atoms with van der Waals surface area (Å²) in [5.41, 5.74) is 2.55. The van der Waals surface area contributed by atoms with Gasteiger partial charge in [0, 0.05) is 18.8 Å². The molecule has 20 heavy (non-hydrogen) atoms. The molecule has 0 aliphatic rings. The van der Waals surface area contributed by atoms with E-state index in [-0.39, 0.29) is 0 Å². The Balaban J connectivity index is 3.00. The molecule has 1 aromatic carbocycles. The molecule has 0 atom stereocenters. The van der Waals surface area contributed by atoms with Gasteiger partial charge in [-0.3, -0.25) is 0 Å². The van der Waals surface area contributed by atoms with Crippen molar-refractivity contribution in [3.05, 3.63) is 23.3 Å². The minimum absolute atomic E-state index is 0.413. The third-order valence-corrected chi connectivity index (χ3v) is 4.90. The Kier molecular flexibility index (Phi) is 6.49. The number of unbranched alkanes of at least 4 members (excludes halogenated alkanes) is 1. The number of anilines is 1. The van der Waals surface area contributed by atoms with Gasteiger partial charge in [-0.25, -0.2) is 13.1 Å². The Hall–Kier alpha value is -1.07. The molecular formula is C15H26N2O2S. The van der Waals surface area contributed by atoms with Crippen LogP contribution in [0, 0.1) is 13.8 Å². The third kappa shape index (κ3) is 4.49. The smallest absolute Gasteiger partial charge is 0.241 e. The lowest BCUT2D eigenvalue weighted by Crippen LogP contribution is -2.26. The molecular weight excluding hydrogens is 272 g/mol. The van der Waals surface area contributed by atoms with Gasteiger partial charge < -0.3 is 5.32 Å². The van der Waals surface area contributed by atoms with E-state index in [1.165, 1.54) is 0 Å². The van der Waals surface area contributed by atoms with Crippen LogP contribution in [0.15, 0.2) is 17.0 Å². The number of hydrogen-bond donors (Lipinski definition) is 2. The van der Waals surface area contributed by atoms with Crippen LogP contribution in [0.1, 0.15) is 44.2 Å². The predicted molar refractivity (Wildman–Crippen MR) is 84.8 cm³/mol. The summed E-state index contributed by atoms with van der Waals surface area (Å²) in [6, 6.07) is 3.80. The maximum Gasteiger partial charge on any atom is 0.241 e. The summed E-state index contributed by atoms with van der Waals surface area (Å²) < 4.78 is 27.4. The highest BCUT2D eigenvalue weighted by Crippen LogP contribution is 2.24. The molecule has 1 rings (SSSR count). The summed E-state index contributed by atoms with van der Waals surface area (Å²) in [6.07, 6.45) is 2.87. The standard InChI is InChI=1S/C15H26N2O2S/c1-5-7-9-17-20(18,19)15-12(3)10-14(11-13(15)4)16-8-6-2/h10-11,16-17H,5-9H2,1-4H3. The number of benzene rings is 1. The summed E-state index contributed by atoms with van der Waals surface area (Å²) in [5.74, 6) is 0. The Labute approximate surface area is 123 Å². The van der Waals surface area contributed by atoms with E-state index in [4.69, 9.17) is 0 Å². The molecule has 0 heterocycles. The fourth-order valence-corrected chi connectivity index (χ4v) is 3.72. The van der Waals surface area contributed by atoms with Crippen molar-refractivity contribution in [2.45, 2.75) is 51.9 Å². The maximum absolute atomic E-state index is 12.3. The fourth-order valence-electron chi connectivity index (χ4n) is 2.20. The Bertz CT molecular complexity index is 516. The zero-order valence-corrected chi connectivity index (χ0v) is 13.7. The highest BCUT2D eigenvalue weighted by Gasteiger charge is 2.19. The first-order valence-corrected chi connectivity index (χ1v) is 8.75. The van der Waals surface area contributed by atoms with E-state index in [2.05, 4.69) is 17.0 Å². The molecule has 0 bridgehead atoms. The molecule has 114 valence electrons. The van der Waals surface area contributed by atoms with Gasteiger partial charge in [-0.2, -0.15) is 0 Å². The topological polar surface area (TPSA) is 58.2 Å². The molecule has 0 aliphatic heterocycles. The molecule has 0 unspecified atom stereocenters. The predicted octanol–water partition coefficient (Wildman–Crippen LogP) is 3.20. The van der Waals surface area contributed by atoms with E-state index >= 15 is 0 Å². The molecule has 4 nitrogen and oxygen atoms in total. The molecule has 0 spiro atoms. The van der Waals surface area contributed by atoms with E-state index < -0.39 is 10.0 Å². The van der Waals surface area contributed by atoms with Gasteiger partial charge in [-0.1, -0.05) is 20.3 Å². The first-order valence-electron chi connectivity index (χ1n) is 7.27. The first-order chi connectivity index (χ1) is 9.42. The van der Waals surface area contributed by atoms with Crippen molar-refractivity contribution in [1.29, 1.82) is 0 Å². The van der Waals surface area contributed by atoms with Crippen LogP contribution in [0.2, 0.25) is 0 Å². The van der Waals surface area contributed by atoms with Crippen LogP contribution in [-0.2, 0) is 10.0 Å². The van der Waals surface area contributed by atoms with E-state index in [0.29, 0.717) is 11.4 Å². The lowest BCUT2D eigenvalue weighted by Gasteiger charge is -2.14. The van der Waals surface area contributed by atoms with Gasteiger partial charge in [0.05, 0.1) is 4.90 Å². The largest absolute Gasteiger partial charge is 0.385 e. The van der Waals surface area contributed by atoms with Crippen molar-refractivity contribution in [3.63, 3.8) is 0 Å². The van der Waals surface area contributed by atoms with Crippen LogP contribution in [0.5, 0.6) is 0 Å². The number of aryl methyl sites for hydroxylation is 2. The summed E-state index contributed by atoms with van der Waals surface area (Å²) >= 11 is 0. The first kappa shape index (κ1) is 17.0. The van der Waals surface area contributed by atoms with Gasteiger partial charge in [0.25, 0.3) is 0 Å². The minimum atomic E-state index is -3.41. The SMILES string of the molecule is CCCCNS(=O)(=O)c1c(C)cc(NCCC)cc1C. The number of sulfonamides is 1. The molecule has 0 fully saturated rings. The summed E-state index contributed by atoms with van der Waals surface area (Å²) in [6.45, 7) is 9.21. The van der Waals surface area contributed by atoms with Gasteiger partial charge in [0.2, 0.25) is 10.0 Å². The zero-order chi connectivity index (χ0) is 15.2. The van der Waals surface area contributed by atoms with Crippen LogP contribution in [-0.4, -0.2) is 21.5 Å². The lowest BCUT2D eigenvalue weighted by molar-refractivity contribution is 0.577. The van der Waals surface area contributed by atoms with Crippen LogP contribution in [0.3, 0.4) is 0 Å². The molecule has 0 amide bonds. The zero-order valence-electron chi connectivity index (χ0n) is 12.9. The van der Waals surface area contributed by atoms with Gasteiger partial charge in [-0.05, 0) is 49.9 Å². The highest BCUT2D eigenvalue weighted by atomic mass is 32.2. The second-order valence-corrected chi connectivity index (χ2v) is 6.82. The molecule has 0 radical (unpaired) electrons. The van der Waals surface area contributed by atoms with Crippen LogP contribution in [0.25, 0.3) is 0 Å². The third-order valence-electron chi connectivity index (χ3n) is 3.13. The second-order valence-electron chi connectivity index (χ2n) is 5.12. The summed E-state index contributed by atoms with van der Waals surface area (Å²) in [4.78, 5) is 0.413. The van der Waals surface area contributed by atoms with Crippen molar-refractivity contribution in [3.8, 4) is 0 Å². The lowest BCUT2D eigenvalue weighted by atomic mass is 10.1. The van der Waals surface area contributed by atoms with Crippen molar-refractivity contribution in [2.24, 2.45) is 0 Å². The Morgan fingerprint density at radius 2 is 1.60 bits per heavy atom. The number of rotatable bonds is 8. The average Bonchev–Trinajstić information content (AvgIpc) is 2.35. The van der Waals surface area contributed by atoms with Gasteiger partial charge >= 0.3 is 0 Å². The molecule has 0 saturated carbocycles. The van der Waals surface area contributed by atoms with Crippen molar-refractivity contribution in [1.82, 2.24) is 4.72 Å². The quantitative estimate of drug-likeness (QED) is 0.725. The van der Waals surface area contributed by atoms with Crippen molar-refractivity contribution < 1.29 is 8.42 Å². The number of nitrogens with one attached hydrogen (secondary N) is 2. The fraction of sp³-hybridized carbons (Fsp3) is 0.600. The monoisotopic (exact) mass is 298 g/mol. The van der Waals surface area contributed by atoms with E-state index in [0.717, 1.165) is 42.6 Å². The summed E-state index contributed by atoms with van der Waals surface area (Å²) in [5, 5.41) is 3.29. The molecule has 0 aromatic heterocycles. The second kappa shape index (κ2) is 7.64. The normalized spacial score (nSPS) is 11.6. The van der Waals surface area contributed by atoms with Gasteiger partial charge in [0.1, 0.15) is 0 Å². The van der Waals surface area contributed by atoms with Crippen LogP contribution >= 0.6 is 0 Å². The van der Waals surface area contributed by atoms with Crippen LogP contribution < -0.4 is 10.0 Å². The van der Waals surface area contributed by atoms with Gasteiger partial charge in [0.15, 0.2) is 0 Å². The van der Waals surface area contributed by atoms with E-state index in [9.17, 15) is 8.42 Å². The Morgan fingerprint density at radius 1 is 1.00 bits per heavy atom. The van der Waals surface area contributed by atoms with E-state index in [1.54, 1.807) is 0 Å². The maximum atomic E-state index is 12.3. The van der Waals surface area contributed by atoms with Crippen molar-refractivity contribution in [2.75, 3.05) is 18.4 Å². The average molecular weight is 298 g/mol. The Morgan fingerprint density at radius 3 is 2.10 bits per heavy atom. The number of hydrogen-bond acceptors (Lipinski definition) is 3. The summed E-state index contributed by atoms with van der Waals surface area (Å²) in [7, 11) is -3.41. The molecule has 0 saturated heterocycles. The molecule has 1 aromatic rings. The minimum Gasteiger partial charge on any atom is -0.385 e. The molecule has 0 aliphatic carbocycles. The van der Waals surface area contributed by atoms with Crippen LogP contribution in [0.4, 0.5) is 5.69 Å². The molecule has 2 N–H and O–H groups in total. The van der Waals surface area contributed by atoms with Gasteiger partial charge in [-0.15, -0.1) is 0 Å². The van der Waals surface area contributed by atoms with E-state index in [1.807, 2.05) is 32.9 Å². The highest BCUT2D eigenvalue weighted by molar-refractivity contribution is 7.89. The molecule has 5 heteroatoms. The van der Waals surface area contributed by atoms with Crippen molar-refractivity contribution >= 4 is 15.7 Å².